The number of amides is 5. The van der Waals surface area contributed by atoms with Crippen molar-refractivity contribution in [1.82, 2.24) is 26.6 Å². The van der Waals surface area contributed by atoms with Gasteiger partial charge < -0.3 is 43.2 Å². The highest BCUT2D eigenvalue weighted by Crippen LogP contribution is 2.10. The number of carboxylic acids is 1. The minimum atomic E-state index is -1.50. The van der Waals surface area contributed by atoms with Crippen molar-refractivity contribution in [2.75, 3.05) is 13.1 Å². The number of aliphatic carboxylic acids is 1. The number of nitrogens with two attached hydrogens (primary N) is 2. The van der Waals surface area contributed by atoms with E-state index in [0.717, 1.165) is 12.8 Å². The van der Waals surface area contributed by atoms with Crippen LogP contribution in [0.25, 0.3) is 0 Å². The van der Waals surface area contributed by atoms with Crippen LogP contribution in [0.1, 0.15) is 72.1 Å². The summed E-state index contributed by atoms with van der Waals surface area (Å²) in [7, 11) is 0. The summed E-state index contributed by atoms with van der Waals surface area (Å²) in [6.45, 7) is 5.28. The number of hydrogen-bond acceptors (Lipinski definition) is 7. The second-order valence-electron chi connectivity index (χ2n) is 10.2. The average Bonchev–Trinajstić information content (AvgIpc) is 2.86. The van der Waals surface area contributed by atoms with Crippen molar-refractivity contribution < 1.29 is 33.9 Å². The smallest absolute Gasteiger partial charge is 0.305 e. The number of rotatable bonds is 12. The molecule has 0 aliphatic carbocycles. The van der Waals surface area contributed by atoms with Gasteiger partial charge >= 0.3 is 5.97 Å². The molecule has 40 heavy (non-hydrogen) atoms. The second kappa shape index (κ2) is 17.6. The van der Waals surface area contributed by atoms with E-state index < -0.39 is 72.6 Å². The summed E-state index contributed by atoms with van der Waals surface area (Å²) in [6, 6.07) is -4.67. The summed E-state index contributed by atoms with van der Waals surface area (Å²) >= 11 is 0. The van der Waals surface area contributed by atoms with Crippen LogP contribution in [0.15, 0.2) is 4.99 Å². The predicted molar refractivity (Wildman–Crippen MR) is 146 cm³/mol. The lowest BCUT2D eigenvalue weighted by Gasteiger charge is -2.26. The lowest BCUT2D eigenvalue weighted by Crippen LogP contribution is -2.58. The highest BCUT2D eigenvalue weighted by atomic mass is 16.4. The minimum Gasteiger partial charge on any atom is -0.481 e. The molecule has 1 saturated heterocycles. The largest absolute Gasteiger partial charge is 0.481 e. The van der Waals surface area contributed by atoms with Gasteiger partial charge in [0.2, 0.25) is 29.5 Å². The van der Waals surface area contributed by atoms with Gasteiger partial charge in [-0.1, -0.05) is 40.0 Å². The van der Waals surface area contributed by atoms with Crippen LogP contribution in [-0.4, -0.2) is 83.8 Å². The molecule has 10 N–H and O–H groups in total. The molecule has 0 radical (unpaired) electrons. The van der Waals surface area contributed by atoms with Crippen LogP contribution < -0.4 is 38.1 Å². The van der Waals surface area contributed by atoms with Crippen LogP contribution in [0.3, 0.4) is 0 Å². The van der Waals surface area contributed by atoms with E-state index >= 15 is 0 Å². The number of hydrogen-bond donors (Lipinski definition) is 8. The molecule has 4 unspecified atom stereocenters. The highest BCUT2D eigenvalue weighted by Gasteiger charge is 2.33. The topological polar surface area (TPSA) is 247 Å². The molecular weight excluding hydrogens is 524 g/mol. The molecule has 15 nitrogen and oxygen atoms in total. The van der Waals surface area contributed by atoms with Gasteiger partial charge in [0.15, 0.2) is 5.96 Å². The van der Waals surface area contributed by atoms with Gasteiger partial charge in [0.1, 0.15) is 24.2 Å². The van der Waals surface area contributed by atoms with Crippen LogP contribution in [0.5, 0.6) is 0 Å². The number of carbonyl (C=O) groups is 6. The molecule has 1 heterocycles. The molecule has 5 amide bonds. The molecule has 0 aromatic heterocycles. The summed E-state index contributed by atoms with van der Waals surface area (Å²) in [6.07, 6.45) is 2.49. The fraction of sp³-hybridized carbons (Fsp3) is 0.720. The molecule has 1 aliphatic rings. The Morgan fingerprint density at radius 3 is 1.98 bits per heavy atom. The lowest BCUT2D eigenvalue weighted by atomic mass is 10.0. The number of unbranched alkanes of at least 4 members (excludes halogenated alkanes) is 2. The van der Waals surface area contributed by atoms with Gasteiger partial charge in [-0.05, 0) is 31.6 Å². The predicted octanol–water partition coefficient (Wildman–Crippen LogP) is -1.79. The van der Waals surface area contributed by atoms with Gasteiger partial charge in [0, 0.05) is 6.54 Å². The number of carbonyl (C=O) groups excluding carboxylic acids is 5. The fourth-order valence-corrected chi connectivity index (χ4v) is 4.08. The molecule has 0 aromatic rings. The van der Waals surface area contributed by atoms with Crippen LogP contribution in [-0.2, 0) is 28.8 Å². The van der Waals surface area contributed by atoms with Crippen LogP contribution in [0, 0.1) is 5.92 Å². The van der Waals surface area contributed by atoms with E-state index in [1.165, 1.54) is 0 Å². The molecule has 0 saturated carbocycles. The van der Waals surface area contributed by atoms with E-state index in [1.54, 1.807) is 0 Å². The monoisotopic (exact) mass is 568 g/mol. The molecule has 15 heteroatoms. The van der Waals surface area contributed by atoms with Crippen molar-refractivity contribution in [2.45, 2.75) is 96.3 Å². The van der Waals surface area contributed by atoms with Crippen LogP contribution in [0.4, 0.5) is 0 Å². The Balaban J connectivity index is 3.37. The summed E-state index contributed by atoms with van der Waals surface area (Å²) < 4.78 is 0. The first kappa shape index (κ1) is 34.1. The maximum Gasteiger partial charge on any atom is 0.305 e. The van der Waals surface area contributed by atoms with Crippen molar-refractivity contribution in [2.24, 2.45) is 22.4 Å². The average molecular weight is 569 g/mol. The van der Waals surface area contributed by atoms with Gasteiger partial charge in [0.05, 0.1) is 13.0 Å². The van der Waals surface area contributed by atoms with E-state index in [-0.39, 0.29) is 37.7 Å². The van der Waals surface area contributed by atoms with E-state index in [4.69, 9.17) is 11.5 Å². The Hall–Kier alpha value is -3.91. The molecule has 0 bridgehead atoms. The standard InChI is InChI=1S/C25H44N8O7/c1-4-5-6-8-16-22(38)31-15(9-7-10-28-25(26)27)21(37)29-13-19(34)30-18(12-20(35)36)24(40)33-17(11-14(2)3)23(39)32-16/h14-18H,4-13H2,1-3H3,(H,29,37)(H,30,34)(H,31,38)(H,32,39)(H,33,40)(H,35,36)(H4,26,27,28). The molecule has 4 atom stereocenters. The summed E-state index contributed by atoms with van der Waals surface area (Å²) in [5, 5.41) is 21.9. The Bertz CT molecular complexity index is 936. The Morgan fingerprint density at radius 1 is 0.850 bits per heavy atom. The first-order valence-electron chi connectivity index (χ1n) is 13.6. The number of nitrogens with one attached hydrogen (secondary N) is 5. The highest BCUT2D eigenvalue weighted by molar-refractivity contribution is 5.97. The second-order valence-corrected chi connectivity index (χ2v) is 10.2. The fourth-order valence-electron chi connectivity index (χ4n) is 4.08. The summed E-state index contributed by atoms with van der Waals surface area (Å²) in [5.74, 6) is -5.13. The van der Waals surface area contributed by atoms with Gasteiger partial charge in [-0.15, -0.1) is 0 Å². The Morgan fingerprint density at radius 2 is 1.40 bits per heavy atom. The van der Waals surface area contributed by atoms with E-state index in [9.17, 15) is 33.9 Å². The number of guanidine groups is 1. The normalized spacial score (nSPS) is 23.1. The van der Waals surface area contributed by atoms with Crippen molar-refractivity contribution >= 4 is 41.5 Å². The third-order valence-electron chi connectivity index (χ3n) is 6.10. The molecule has 1 rings (SSSR count). The van der Waals surface area contributed by atoms with Gasteiger partial charge in [-0.3, -0.25) is 33.8 Å². The number of carboxylic acid groups (broad SMARTS) is 1. The number of nitrogens with zero attached hydrogens (tertiary/aromatic N) is 1. The molecular formula is C25H44N8O7. The summed E-state index contributed by atoms with van der Waals surface area (Å²) in [4.78, 5) is 80.3. The molecule has 0 spiro atoms. The third kappa shape index (κ3) is 13.2. The van der Waals surface area contributed by atoms with E-state index in [2.05, 4.69) is 31.6 Å². The SMILES string of the molecule is CCCCCC1NC(=O)C(CC(C)C)NC(=O)C(CC(=O)O)NC(=O)CNC(=O)C(CCCN=C(N)N)NC1=O. The van der Waals surface area contributed by atoms with E-state index in [0.29, 0.717) is 12.8 Å². The zero-order valence-electron chi connectivity index (χ0n) is 23.5. The maximum absolute atomic E-state index is 13.3. The lowest BCUT2D eigenvalue weighted by molar-refractivity contribution is -0.141. The first-order valence-corrected chi connectivity index (χ1v) is 13.6. The summed E-state index contributed by atoms with van der Waals surface area (Å²) in [5.41, 5.74) is 10.7. The first-order chi connectivity index (χ1) is 18.8. The van der Waals surface area contributed by atoms with Crippen molar-refractivity contribution in [1.29, 1.82) is 0 Å². The molecule has 226 valence electrons. The van der Waals surface area contributed by atoms with E-state index in [1.807, 2.05) is 20.8 Å². The molecule has 0 aromatic carbocycles. The Labute approximate surface area is 234 Å². The Kier molecular flexibility index (Phi) is 15.0. The van der Waals surface area contributed by atoms with Crippen molar-refractivity contribution in [3.63, 3.8) is 0 Å². The maximum atomic E-state index is 13.3. The zero-order valence-corrected chi connectivity index (χ0v) is 23.5. The van der Waals surface area contributed by atoms with Crippen LogP contribution >= 0.6 is 0 Å². The zero-order chi connectivity index (χ0) is 30.2. The van der Waals surface area contributed by atoms with Gasteiger partial charge in [-0.25, -0.2) is 0 Å². The number of aliphatic imine (C=N–C) groups is 1. The molecule has 1 fully saturated rings. The van der Waals surface area contributed by atoms with Crippen molar-refractivity contribution in [3.05, 3.63) is 0 Å². The minimum absolute atomic E-state index is 0.0468. The van der Waals surface area contributed by atoms with Gasteiger partial charge in [-0.2, -0.15) is 0 Å². The van der Waals surface area contributed by atoms with Crippen molar-refractivity contribution in [3.8, 4) is 0 Å². The van der Waals surface area contributed by atoms with Gasteiger partial charge in [0.25, 0.3) is 0 Å². The third-order valence-corrected chi connectivity index (χ3v) is 6.10. The quantitative estimate of drug-likeness (QED) is 0.0751. The van der Waals surface area contributed by atoms with Crippen LogP contribution in [0.2, 0.25) is 0 Å². The molecule has 1 aliphatic heterocycles.